The number of amides is 3. The smallest absolute Gasteiger partial charge is 0.264 e. The molecule has 0 aromatic heterocycles. The predicted molar refractivity (Wildman–Crippen MR) is 131 cm³/mol. The maximum Gasteiger partial charge on any atom is 0.264 e. The number of anilines is 1. The van der Waals surface area contributed by atoms with E-state index in [0.717, 1.165) is 11.2 Å². The van der Waals surface area contributed by atoms with Crippen LogP contribution in [-0.4, -0.2) is 68.5 Å². The molecule has 3 amide bonds. The quantitative estimate of drug-likeness (QED) is 0.521. The van der Waals surface area contributed by atoms with Crippen molar-refractivity contribution in [2.24, 2.45) is 0 Å². The number of sulfone groups is 1. The predicted octanol–water partition coefficient (Wildman–Crippen LogP) is 2.43. The number of ether oxygens (including phenoxy) is 2. The first-order valence-corrected chi connectivity index (χ1v) is 12.9. The topological polar surface area (TPSA) is 139 Å². The number of hydrogen-bond acceptors (Lipinski definition) is 8. The number of carbonyl (C=O) groups excluding carboxylic acids is 3. The minimum absolute atomic E-state index is 0.0322. The summed E-state index contributed by atoms with van der Waals surface area (Å²) in [6, 6.07) is 8.18. The summed E-state index contributed by atoms with van der Waals surface area (Å²) in [5, 5.41) is 10.1. The molecule has 3 rings (SSSR count). The fourth-order valence-electron chi connectivity index (χ4n) is 3.66. The van der Waals surface area contributed by atoms with Gasteiger partial charge in [0.1, 0.15) is 9.84 Å². The fraction of sp³-hybridized carbons (Fsp3) is 0.375. The van der Waals surface area contributed by atoms with E-state index in [-0.39, 0.29) is 23.4 Å². The van der Waals surface area contributed by atoms with Gasteiger partial charge in [0.05, 0.1) is 42.3 Å². The van der Waals surface area contributed by atoms with Gasteiger partial charge in [-0.25, -0.2) is 8.42 Å². The second-order valence-electron chi connectivity index (χ2n) is 7.66. The van der Waals surface area contributed by atoms with E-state index in [1.807, 2.05) is 0 Å². The van der Waals surface area contributed by atoms with Crippen molar-refractivity contribution in [3.05, 3.63) is 53.1 Å². The van der Waals surface area contributed by atoms with E-state index in [9.17, 15) is 22.8 Å². The molecule has 11 heteroatoms. The Bertz CT molecular complexity index is 1210. The van der Waals surface area contributed by atoms with E-state index in [1.165, 1.54) is 26.2 Å². The molecule has 0 spiro atoms. The van der Waals surface area contributed by atoms with Gasteiger partial charge in [-0.3, -0.25) is 19.3 Å². The highest BCUT2D eigenvalue weighted by Gasteiger charge is 2.43. The molecule has 2 aromatic rings. The molecule has 2 aromatic carbocycles. The largest absolute Gasteiger partial charge is 0.493 e. The summed E-state index contributed by atoms with van der Waals surface area (Å²) >= 11 is 0. The Morgan fingerprint density at radius 3 is 2.31 bits per heavy atom. The van der Waals surface area contributed by atoms with Crippen LogP contribution in [0.25, 0.3) is 0 Å². The number of benzene rings is 2. The van der Waals surface area contributed by atoms with Crippen molar-refractivity contribution in [2.75, 3.05) is 37.6 Å². The SMILES string of the molecule is CCO.CCOc1cc([C@@H](CS(C)(=O)=O)N2C(=O)c3cccc(NC(C)=O)c3C2=O)ccc1OC. The average Bonchev–Trinajstić information content (AvgIpc) is 3.03. The van der Waals surface area contributed by atoms with Gasteiger partial charge in [-0.15, -0.1) is 0 Å². The summed E-state index contributed by atoms with van der Waals surface area (Å²) in [6.07, 6.45) is 1.04. The normalized spacial score (nSPS) is 13.5. The molecule has 1 aliphatic heterocycles. The van der Waals surface area contributed by atoms with E-state index < -0.39 is 39.4 Å². The van der Waals surface area contributed by atoms with Gasteiger partial charge in [0, 0.05) is 19.8 Å². The number of nitrogens with zero attached hydrogens (tertiary/aromatic N) is 1. The molecular weight excluding hydrogens is 476 g/mol. The number of nitrogens with one attached hydrogen (secondary N) is 1. The molecule has 190 valence electrons. The van der Waals surface area contributed by atoms with Crippen molar-refractivity contribution in [1.29, 1.82) is 0 Å². The summed E-state index contributed by atoms with van der Waals surface area (Å²) < 4.78 is 35.3. The first-order valence-electron chi connectivity index (χ1n) is 10.9. The molecule has 1 atom stereocenters. The van der Waals surface area contributed by atoms with Crippen LogP contribution < -0.4 is 14.8 Å². The standard InChI is InChI=1S/C22H24N2O7S.C2H6O/c1-5-31-19-11-14(9-10-18(19)30-3)17(12-32(4,28)29)24-21(26)15-7-6-8-16(23-13(2)25)20(15)22(24)27;1-2-3/h6-11,17H,5,12H2,1-4H3,(H,23,25);3H,2H2,1H3/t17-;/m1./s1. The molecule has 0 bridgehead atoms. The van der Waals surface area contributed by atoms with Gasteiger partial charge in [-0.1, -0.05) is 12.1 Å². The van der Waals surface area contributed by atoms with Crippen LogP contribution in [0.5, 0.6) is 11.5 Å². The van der Waals surface area contributed by atoms with Crippen LogP contribution in [0.2, 0.25) is 0 Å². The Labute approximate surface area is 204 Å². The van der Waals surface area contributed by atoms with Gasteiger partial charge < -0.3 is 19.9 Å². The first kappa shape index (κ1) is 27.8. The summed E-state index contributed by atoms with van der Waals surface area (Å²) in [4.78, 5) is 39.1. The lowest BCUT2D eigenvalue weighted by molar-refractivity contribution is -0.114. The number of imide groups is 1. The molecule has 2 N–H and O–H groups in total. The fourth-order valence-corrected chi connectivity index (χ4v) is 4.57. The number of rotatable bonds is 8. The molecule has 35 heavy (non-hydrogen) atoms. The van der Waals surface area contributed by atoms with Crippen LogP contribution >= 0.6 is 0 Å². The van der Waals surface area contributed by atoms with Crippen LogP contribution in [0.3, 0.4) is 0 Å². The van der Waals surface area contributed by atoms with Crippen molar-refractivity contribution in [3.8, 4) is 11.5 Å². The van der Waals surface area contributed by atoms with Gasteiger partial charge in [-0.05, 0) is 43.7 Å². The lowest BCUT2D eigenvalue weighted by Gasteiger charge is -2.27. The third-order valence-electron chi connectivity index (χ3n) is 4.90. The summed E-state index contributed by atoms with van der Waals surface area (Å²) in [7, 11) is -2.13. The molecule has 0 fully saturated rings. The van der Waals surface area contributed by atoms with Crippen molar-refractivity contribution in [3.63, 3.8) is 0 Å². The third-order valence-corrected chi connectivity index (χ3v) is 5.82. The Morgan fingerprint density at radius 2 is 1.77 bits per heavy atom. The highest BCUT2D eigenvalue weighted by atomic mass is 32.2. The van der Waals surface area contributed by atoms with Crippen LogP contribution in [-0.2, 0) is 14.6 Å². The molecule has 0 saturated carbocycles. The highest BCUT2D eigenvalue weighted by Crippen LogP contribution is 2.38. The molecule has 0 radical (unpaired) electrons. The number of fused-ring (bicyclic) bond motifs is 1. The third kappa shape index (κ3) is 6.58. The van der Waals surface area contributed by atoms with Crippen LogP contribution in [0.15, 0.2) is 36.4 Å². The molecule has 0 aliphatic carbocycles. The van der Waals surface area contributed by atoms with Crippen molar-refractivity contribution in [1.82, 2.24) is 4.90 Å². The molecule has 1 heterocycles. The Hall–Kier alpha value is -3.44. The number of aliphatic hydroxyl groups excluding tert-OH is 1. The van der Waals surface area contributed by atoms with Gasteiger partial charge in [0.25, 0.3) is 11.8 Å². The van der Waals surface area contributed by atoms with Crippen molar-refractivity contribution in [2.45, 2.75) is 26.8 Å². The molecule has 1 aliphatic rings. The van der Waals surface area contributed by atoms with E-state index in [1.54, 1.807) is 38.1 Å². The Balaban J connectivity index is 0.00000137. The summed E-state index contributed by atoms with van der Waals surface area (Å²) in [5.41, 5.74) is 0.719. The molecule has 0 saturated heterocycles. The highest BCUT2D eigenvalue weighted by molar-refractivity contribution is 7.90. The van der Waals surface area contributed by atoms with E-state index in [2.05, 4.69) is 5.32 Å². The number of methoxy groups -OCH3 is 1. The van der Waals surface area contributed by atoms with Gasteiger partial charge in [0.2, 0.25) is 5.91 Å². The lowest BCUT2D eigenvalue weighted by atomic mass is 10.1. The monoisotopic (exact) mass is 506 g/mol. The number of hydrogen-bond donors (Lipinski definition) is 2. The van der Waals surface area contributed by atoms with Gasteiger partial charge in [-0.2, -0.15) is 0 Å². The zero-order valence-electron chi connectivity index (χ0n) is 20.3. The average molecular weight is 507 g/mol. The Kier molecular flexibility index (Phi) is 9.38. The second kappa shape index (κ2) is 11.8. The van der Waals surface area contributed by atoms with E-state index in [0.29, 0.717) is 23.7 Å². The first-order chi connectivity index (χ1) is 16.5. The van der Waals surface area contributed by atoms with Gasteiger partial charge in [0.15, 0.2) is 11.5 Å². The minimum atomic E-state index is -3.60. The van der Waals surface area contributed by atoms with Crippen molar-refractivity contribution < 1.29 is 37.4 Å². The maximum atomic E-state index is 13.3. The second-order valence-corrected chi connectivity index (χ2v) is 9.84. The van der Waals surface area contributed by atoms with Crippen LogP contribution in [0.4, 0.5) is 5.69 Å². The summed E-state index contributed by atoms with van der Waals surface area (Å²) in [5.74, 6) is -1.41. The zero-order valence-corrected chi connectivity index (χ0v) is 21.1. The lowest BCUT2D eigenvalue weighted by Crippen LogP contribution is -2.37. The molecule has 10 nitrogen and oxygen atoms in total. The number of aliphatic hydroxyl groups is 1. The van der Waals surface area contributed by atoms with Crippen LogP contribution in [0, 0.1) is 0 Å². The van der Waals surface area contributed by atoms with Crippen molar-refractivity contribution >= 4 is 33.2 Å². The number of carbonyl (C=O) groups is 3. The zero-order chi connectivity index (χ0) is 26.3. The van der Waals surface area contributed by atoms with E-state index >= 15 is 0 Å². The molecule has 0 unspecified atom stereocenters. The van der Waals surface area contributed by atoms with Gasteiger partial charge >= 0.3 is 0 Å². The summed E-state index contributed by atoms with van der Waals surface area (Å²) in [6.45, 7) is 5.34. The Morgan fingerprint density at radius 1 is 1.11 bits per heavy atom. The maximum absolute atomic E-state index is 13.3. The van der Waals surface area contributed by atoms with E-state index in [4.69, 9.17) is 14.6 Å². The van der Waals surface area contributed by atoms with Crippen LogP contribution in [0.1, 0.15) is 53.1 Å². The molecular formula is C24H30N2O8S. The minimum Gasteiger partial charge on any atom is -0.493 e.